The van der Waals surface area contributed by atoms with Crippen LogP contribution in [0.2, 0.25) is 0 Å². The summed E-state index contributed by atoms with van der Waals surface area (Å²) in [7, 11) is 0. The molecule has 2 rings (SSSR count). The summed E-state index contributed by atoms with van der Waals surface area (Å²) in [6.45, 7) is 9.82. The van der Waals surface area contributed by atoms with Crippen LogP contribution in [0.1, 0.15) is 66.2 Å². The van der Waals surface area contributed by atoms with Crippen molar-refractivity contribution in [3.8, 4) is 0 Å². The van der Waals surface area contributed by atoms with Crippen molar-refractivity contribution < 1.29 is 0 Å². The second-order valence-electron chi connectivity index (χ2n) is 6.05. The number of rotatable bonds is 3. The van der Waals surface area contributed by atoms with Gasteiger partial charge >= 0.3 is 0 Å². The molecule has 0 radical (unpaired) electrons. The third-order valence-corrected chi connectivity index (χ3v) is 5.87. The lowest BCUT2D eigenvalue weighted by atomic mass is 9.75. The molecule has 0 aromatic heterocycles. The SMILES string of the molecule is CCC1(C2C(C)C2(C)CC)CCCC1. The number of hydrogen-bond acceptors (Lipinski definition) is 0. The quantitative estimate of drug-likeness (QED) is 0.614. The van der Waals surface area contributed by atoms with Gasteiger partial charge in [-0.25, -0.2) is 0 Å². The van der Waals surface area contributed by atoms with Gasteiger partial charge in [-0.2, -0.15) is 0 Å². The van der Waals surface area contributed by atoms with Crippen molar-refractivity contribution in [2.24, 2.45) is 22.7 Å². The predicted molar refractivity (Wildman–Crippen MR) is 62.2 cm³/mol. The molecule has 0 spiro atoms. The molecule has 0 N–H and O–H groups in total. The normalized spacial score (nSPS) is 45.4. The van der Waals surface area contributed by atoms with Crippen LogP contribution >= 0.6 is 0 Å². The van der Waals surface area contributed by atoms with Crippen molar-refractivity contribution in [1.29, 1.82) is 0 Å². The third kappa shape index (κ3) is 1.19. The summed E-state index contributed by atoms with van der Waals surface area (Å²) in [6.07, 6.45) is 8.86. The Balaban J connectivity index is 2.15. The summed E-state index contributed by atoms with van der Waals surface area (Å²) in [4.78, 5) is 0. The molecule has 2 aliphatic rings. The van der Waals surface area contributed by atoms with Gasteiger partial charge in [-0.3, -0.25) is 0 Å². The molecule has 0 nitrogen and oxygen atoms in total. The molecule has 82 valence electrons. The van der Waals surface area contributed by atoms with Gasteiger partial charge in [-0.1, -0.05) is 53.4 Å². The fourth-order valence-electron chi connectivity index (χ4n) is 4.53. The number of hydrogen-bond donors (Lipinski definition) is 0. The van der Waals surface area contributed by atoms with Crippen LogP contribution in [0.25, 0.3) is 0 Å². The molecule has 0 heteroatoms. The van der Waals surface area contributed by atoms with Crippen molar-refractivity contribution in [2.75, 3.05) is 0 Å². The summed E-state index contributed by atoms with van der Waals surface area (Å²) in [5, 5.41) is 0. The molecule has 2 saturated carbocycles. The largest absolute Gasteiger partial charge is 0.0648 e. The highest BCUT2D eigenvalue weighted by molar-refractivity contribution is 5.13. The fourth-order valence-corrected chi connectivity index (χ4v) is 4.53. The van der Waals surface area contributed by atoms with Crippen LogP contribution < -0.4 is 0 Å². The predicted octanol–water partition coefficient (Wildman–Crippen LogP) is 4.64. The summed E-state index contributed by atoms with van der Waals surface area (Å²) in [6, 6.07) is 0. The van der Waals surface area contributed by atoms with Crippen LogP contribution in [-0.4, -0.2) is 0 Å². The minimum absolute atomic E-state index is 0.695. The summed E-state index contributed by atoms with van der Waals surface area (Å²) < 4.78 is 0. The second kappa shape index (κ2) is 3.25. The van der Waals surface area contributed by atoms with E-state index in [0.29, 0.717) is 5.41 Å². The average Bonchev–Trinajstić information content (AvgIpc) is 2.62. The molecule has 0 bridgehead atoms. The lowest BCUT2D eigenvalue weighted by molar-refractivity contribution is 0.195. The first-order valence-electron chi connectivity index (χ1n) is 6.61. The molecule has 0 heterocycles. The van der Waals surface area contributed by atoms with Gasteiger partial charge in [0, 0.05) is 0 Å². The van der Waals surface area contributed by atoms with E-state index >= 15 is 0 Å². The van der Waals surface area contributed by atoms with Gasteiger partial charge in [0.25, 0.3) is 0 Å². The zero-order chi connectivity index (χ0) is 10.4. The van der Waals surface area contributed by atoms with E-state index in [0.717, 1.165) is 17.3 Å². The standard InChI is InChI=1S/C14H26/c1-5-13(4)11(3)12(13)14(6-2)9-7-8-10-14/h11-12H,5-10H2,1-4H3. The van der Waals surface area contributed by atoms with Crippen LogP contribution in [0.5, 0.6) is 0 Å². The second-order valence-corrected chi connectivity index (χ2v) is 6.05. The third-order valence-electron chi connectivity index (χ3n) is 5.87. The van der Waals surface area contributed by atoms with Gasteiger partial charge in [-0.15, -0.1) is 0 Å². The first kappa shape index (κ1) is 10.5. The fraction of sp³-hybridized carbons (Fsp3) is 1.00. The minimum Gasteiger partial charge on any atom is -0.0648 e. The highest BCUT2D eigenvalue weighted by atomic mass is 14.7. The Kier molecular flexibility index (Phi) is 2.44. The topological polar surface area (TPSA) is 0 Å². The van der Waals surface area contributed by atoms with E-state index in [-0.39, 0.29) is 0 Å². The van der Waals surface area contributed by atoms with Crippen LogP contribution in [0.3, 0.4) is 0 Å². The van der Waals surface area contributed by atoms with Crippen molar-refractivity contribution in [3.63, 3.8) is 0 Å². The monoisotopic (exact) mass is 194 g/mol. The van der Waals surface area contributed by atoms with Crippen LogP contribution in [-0.2, 0) is 0 Å². The zero-order valence-electron chi connectivity index (χ0n) is 10.4. The molecule has 2 fully saturated rings. The maximum absolute atomic E-state index is 2.53. The van der Waals surface area contributed by atoms with Gasteiger partial charge in [0.15, 0.2) is 0 Å². The van der Waals surface area contributed by atoms with E-state index in [2.05, 4.69) is 27.7 Å². The Morgan fingerprint density at radius 1 is 1.07 bits per heavy atom. The van der Waals surface area contributed by atoms with E-state index in [1.54, 1.807) is 0 Å². The van der Waals surface area contributed by atoms with Crippen molar-refractivity contribution in [2.45, 2.75) is 66.2 Å². The Bertz CT molecular complexity index is 212. The summed E-state index contributed by atoms with van der Waals surface area (Å²) in [5.74, 6) is 2.04. The highest BCUT2D eigenvalue weighted by Gasteiger charge is 2.64. The first-order chi connectivity index (χ1) is 6.61. The first-order valence-corrected chi connectivity index (χ1v) is 6.61. The maximum atomic E-state index is 2.53. The molecule has 14 heavy (non-hydrogen) atoms. The van der Waals surface area contributed by atoms with Gasteiger partial charge in [-0.05, 0) is 35.5 Å². The van der Waals surface area contributed by atoms with E-state index in [9.17, 15) is 0 Å². The zero-order valence-corrected chi connectivity index (χ0v) is 10.4. The molecule has 3 atom stereocenters. The highest BCUT2D eigenvalue weighted by Crippen LogP contribution is 2.71. The summed E-state index contributed by atoms with van der Waals surface area (Å²) in [5.41, 5.74) is 1.45. The Labute approximate surface area is 89.5 Å². The van der Waals surface area contributed by atoms with Crippen molar-refractivity contribution in [1.82, 2.24) is 0 Å². The van der Waals surface area contributed by atoms with Gasteiger partial charge < -0.3 is 0 Å². The molecule has 0 aliphatic heterocycles. The molecule has 2 aliphatic carbocycles. The van der Waals surface area contributed by atoms with Gasteiger partial charge in [0.2, 0.25) is 0 Å². The van der Waals surface area contributed by atoms with Crippen LogP contribution in [0.15, 0.2) is 0 Å². The van der Waals surface area contributed by atoms with E-state index in [1.165, 1.54) is 38.5 Å². The Morgan fingerprint density at radius 3 is 2.00 bits per heavy atom. The summed E-state index contributed by atoms with van der Waals surface area (Å²) >= 11 is 0. The average molecular weight is 194 g/mol. The van der Waals surface area contributed by atoms with Crippen LogP contribution in [0.4, 0.5) is 0 Å². The van der Waals surface area contributed by atoms with Crippen molar-refractivity contribution in [3.05, 3.63) is 0 Å². The molecule has 3 unspecified atom stereocenters. The van der Waals surface area contributed by atoms with Gasteiger partial charge in [0.05, 0.1) is 0 Å². The Hall–Kier alpha value is 0. The van der Waals surface area contributed by atoms with E-state index < -0.39 is 0 Å². The molecule has 0 amide bonds. The molecular formula is C14H26. The molecular weight excluding hydrogens is 168 g/mol. The maximum Gasteiger partial charge on any atom is -0.0263 e. The van der Waals surface area contributed by atoms with E-state index in [1.807, 2.05) is 0 Å². The van der Waals surface area contributed by atoms with Gasteiger partial charge in [0.1, 0.15) is 0 Å². The van der Waals surface area contributed by atoms with Crippen LogP contribution in [0, 0.1) is 22.7 Å². The molecule has 0 aromatic carbocycles. The Morgan fingerprint density at radius 2 is 1.64 bits per heavy atom. The van der Waals surface area contributed by atoms with Crippen molar-refractivity contribution >= 4 is 0 Å². The smallest absolute Gasteiger partial charge is 0.0263 e. The lowest BCUT2D eigenvalue weighted by Gasteiger charge is -2.30. The molecule has 0 aromatic rings. The minimum atomic E-state index is 0.695. The molecule has 0 saturated heterocycles. The lowest BCUT2D eigenvalue weighted by Crippen LogP contribution is -2.21. The van der Waals surface area contributed by atoms with E-state index in [4.69, 9.17) is 0 Å².